The van der Waals surface area contributed by atoms with Gasteiger partial charge in [0.2, 0.25) is 0 Å². The van der Waals surface area contributed by atoms with E-state index in [1.165, 1.54) is 6.42 Å². The number of Topliss-reactive ketones (excluding diaryl/α,β-unsaturated/α-hetero) is 1. The summed E-state index contributed by atoms with van der Waals surface area (Å²) in [5.74, 6) is 0.701. The molecule has 0 aromatic heterocycles. The number of hydrogen-bond donors (Lipinski definition) is 0. The van der Waals surface area contributed by atoms with Gasteiger partial charge in [0.25, 0.3) is 0 Å². The highest BCUT2D eigenvalue weighted by atomic mass is 35.5. The van der Waals surface area contributed by atoms with Gasteiger partial charge in [-0.05, 0) is 57.4 Å². The first-order valence-corrected chi connectivity index (χ1v) is 7.92. The van der Waals surface area contributed by atoms with Crippen molar-refractivity contribution in [3.63, 3.8) is 0 Å². The number of rotatable bonds is 3. The van der Waals surface area contributed by atoms with E-state index in [-0.39, 0.29) is 11.8 Å². The Kier molecular flexibility index (Phi) is 5.11. The zero-order valence-electron chi connectivity index (χ0n) is 12.2. The smallest absolute Gasteiger partial charge is 0.181 e. The van der Waals surface area contributed by atoms with E-state index < -0.39 is 0 Å². The molecule has 2 rings (SSSR count). The van der Waals surface area contributed by atoms with E-state index in [1.54, 1.807) is 18.2 Å². The second kappa shape index (κ2) is 6.46. The lowest BCUT2D eigenvalue weighted by molar-refractivity contribution is 0.0569. The lowest BCUT2D eigenvalue weighted by atomic mass is 9.89. The zero-order chi connectivity index (χ0) is 14.9. The van der Waals surface area contributed by atoms with Crippen molar-refractivity contribution in [3.8, 4) is 0 Å². The Bertz CT molecular complexity index is 503. The highest BCUT2D eigenvalue weighted by molar-refractivity contribution is 6.37. The van der Waals surface area contributed by atoms with E-state index >= 15 is 0 Å². The fraction of sp³-hybridized carbons (Fsp3) is 0.562. The molecule has 110 valence electrons. The predicted octanol–water partition coefficient (Wildman–Crippen LogP) is 4.69. The molecule has 1 heterocycles. The van der Waals surface area contributed by atoms with Crippen molar-refractivity contribution < 1.29 is 4.79 Å². The summed E-state index contributed by atoms with van der Waals surface area (Å²) in [6, 6.07) is 5.35. The van der Waals surface area contributed by atoms with Gasteiger partial charge in [0.05, 0.1) is 11.1 Å². The third-order valence-corrected chi connectivity index (χ3v) is 5.04. The molecule has 1 fully saturated rings. The van der Waals surface area contributed by atoms with Gasteiger partial charge >= 0.3 is 0 Å². The molecule has 1 aliphatic heterocycles. The Labute approximate surface area is 131 Å². The maximum absolute atomic E-state index is 12.7. The van der Waals surface area contributed by atoms with Crippen LogP contribution in [0.5, 0.6) is 0 Å². The van der Waals surface area contributed by atoms with Crippen molar-refractivity contribution in [2.24, 2.45) is 5.92 Å². The number of carbonyl (C=O) groups excluding carboxylic acids is 1. The van der Waals surface area contributed by atoms with Gasteiger partial charge in [-0.15, -0.1) is 0 Å². The molecule has 0 saturated carbocycles. The Balaban J connectivity index is 2.19. The largest absolute Gasteiger partial charge is 0.292 e. The molecule has 0 spiro atoms. The number of benzene rings is 1. The molecule has 0 N–H and O–H groups in total. The minimum Gasteiger partial charge on any atom is -0.292 e. The molecule has 3 atom stereocenters. The van der Waals surface area contributed by atoms with Crippen LogP contribution in [0.3, 0.4) is 0 Å². The summed E-state index contributed by atoms with van der Waals surface area (Å²) in [5.41, 5.74) is 0.564. The fourth-order valence-corrected chi connectivity index (χ4v) is 3.48. The summed E-state index contributed by atoms with van der Waals surface area (Å²) in [7, 11) is 0. The Hall–Kier alpha value is -0.570. The molecule has 3 unspecified atom stereocenters. The first kappa shape index (κ1) is 15.8. The molecule has 1 aromatic rings. The van der Waals surface area contributed by atoms with Crippen LogP contribution in [0.1, 0.15) is 44.0 Å². The summed E-state index contributed by atoms with van der Waals surface area (Å²) in [4.78, 5) is 15.0. The Morgan fingerprint density at radius 1 is 1.35 bits per heavy atom. The first-order chi connectivity index (χ1) is 9.41. The molecular formula is C16H21Cl2NO. The standard InChI is InChI=1S/C16H21Cl2NO/c1-10-5-4-8-19(11(10)2)12(3)16(20)14-7-6-13(17)9-15(14)18/h6-7,9-12H,4-5,8H2,1-3H3. The van der Waals surface area contributed by atoms with Crippen molar-refractivity contribution in [1.29, 1.82) is 0 Å². The van der Waals surface area contributed by atoms with Crippen LogP contribution < -0.4 is 0 Å². The SMILES string of the molecule is CC1CCCN(C(C)C(=O)c2ccc(Cl)cc2Cl)C1C. The van der Waals surface area contributed by atoms with Crippen LogP contribution >= 0.6 is 23.2 Å². The number of halogens is 2. The summed E-state index contributed by atoms with van der Waals surface area (Å²) in [5, 5.41) is 0.992. The maximum Gasteiger partial charge on any atom is 0.181 e. The Morgan fingerprint density at radius 2 is 2.05 bits per heavy atom. The van der Waals surface area contributed by atoms with Crippen LogP contribution in [0.4, 0.5) is 0 Å². The van der Waals surface area contributed by atoms with Crippen LogP contribution in [-0.4, -0.2) is 29.3 Å². The van der Waals surface area contributed by atoms with Gasteiger partial charge in [0.15, 0.2) is 5.78 Å². The number of nitrogens with zero attached hydrogens (tertiary/aromatic N) is 1. The monoisotopic (exact) mass is 313 g/mol. The highest BCUT2D eigenvalue weighted by Gasteiger charge is 2.32. The topological polar surface area (TPSA) is 20.3 Å². The molecule has 1 aromatic carbocycles. The second-order valence-electron chi connectivity index (χ2n) is 5.76. The van der Waals surface area contributed by atoms with Gasteiger partial charge in [-0.1, -0.05) is 30.1 Å². The molecule has 0 aliphatic carbocycles. The van der Waals surface area contributed by atoms with E-state index in [0.29, 0.717) is 27.6 Å². The minimum absolute atomic E-state index is 0.0765. The summed E-state index contributed by atoms with van der Waals surface area (Å²) in [6.07, 6.45) is 2.39. The van der Waals surface area contributed by atoms with Gasteiger partial charge in [0, 0.05) is 16.6 Å². The van der Waals surface area contributed by atoms with Crippen molar-refractivity contribution >= 4 is 29.0 Å². The van der Waals surface area contributed by atoms with Gasteiger partial charge in [-0.3, -0.25) is 9.69 Å². The minimum atomic E-state index is -0.147. The average Bonchev–Trinajstić information content (AvgIpc) is 2.40. The molecule has 20 heavy (non-hydrogen) atoms. The van der Waals surface area contributed by atoms with E-state index in [9.17, 15) is 4.79 Å². The predicted molar refractivity (Wildman–Crippen MR) is 84.8 cm³/mol. The molecule has 1 aliphatic rings. The van der Waals surface area contributed by atoms with Crippen LogP contribution in [0.25, 0.3) is 0 Å². The number of likely N-dealkylation sites (tertiary alicyclic amines) is 1. The second-order valence-corrected chi connectivity index (χ2v) is 6.61. The van der Waals surface area contributed by atoms with Crippen LogP contribution in [0.2, 0.25) is 10.0 Å². The quantitative estimate of drug-likeness (QED) is 0.755. The number of hydrogen-bond acceptors (Lipinski definition) is 2. The third-order valence-electron chi connectivity index (χ3n) is 4.50. The van der Waals surface area contributed by atoms with E-state index in [4.69, 9.17) is 23.2 Å². The van der Waals surface area contributed by atoms with Crippen LogP contribution in [0.15, 0.2) is 18.2 Å². The number of carbonyl (C=O) groups is 1. The molecular weight excluding hydrogens is 293 g/mol. The fourth-order valence-electron chi connectivity index (χ4n) is 2.98. The van der Waals surface area contributed by atoms with Crippen molar-refractivity contribution in [2.45, 2.75) is 45.7 Å². The zero-order valence-corrected chi connectivity index (χ0v) is 13.7. The summed E-state index contributed by atoms with van der Waals surface area (Å²) in [6.45, 7) is 7.41. The van der Waals surface area contributed by atoms with Gasteiger partial charge in [0.1, 0.15) is 0 Å². The normalized spacial score (nSPS) is 25.4. The van der Waals surface area contributed by atoms with Crippen molar-refractivity contribution in [3.05, 3.63) is 33.8 Å². The summed E-state index contributed by atoms with van der Waals surface area (Å²) < 4.78 is 0. The molecule has 0 radical (unpaired) electrons. The maximum atomic E-state index is 12.7. The van der Waals surface area contributed by atoms with Gasteiger partial charge < -0.3 is 0 Å². The average molecular weight is 314 g/mol. The molecule has 0 bridgehead atoms. The first-order valence-electron chi connectivity index (χ1n) is 7.17. The van der Waals surface area contributed by atoms with Crippen molar-refractivity contribution in [2.75, 3.05) is 6.54 Å². The van der Waals surface area contributed by atoms with Crippen LogP contribution in [-0.2, 0) is 0 Å². The van der Waals surface area contributed by atoms with E-state index in [1.807, 2.05) is 6.92 Å². The van der Waals surface area contributed by atoms with Crippen LogP contribution in [0, 0.1) is 5.92 Å². The number of ketones is 1. The summed E-state index contributed by atoms with van der Waals surface area (Å²) >= 11 is 12.0. The molecule has 1 saturated heterocycles. The van der Waals surface area contributed by atoms with Gasteiger partial charge in [-0.2, -0.15) is 0 Å². The highest BCUT2D eigenvalue weighted by Crippen LogP contribution is 2.28. The molecule has 0 amide bonds. The van der Waals surface area contributed by atoms with Gasteiger partial charge in [-0.25, -0.2) is 0 Å². The lowest BCUT2D eigenvalue weighted by Crippen LogP contribution is -2.50. The lowest BCUT2D eigenvalue weighted by Gasteiger charge is -2.41. The number of piperidine rings is 1. The van der Waals surface area contributed by atoms with Crippen molar-refractivity contribution in [1.82, 2.24) is 4.90 Å². The third kappa shape index (κ3) is 3.19. The Morgan fingerprint density at radius 3 is 2.70 bits per heavy atom. The van der Waals surface area contributed by atoms with E-state index in [0.717, 1.165) is 13.0 Å². The van der Waals surface area contributed by atoms with E-state index in [2.05, 4.69) is 18.7 Å². The molecule has 4 heteroatoms. The molecule has 2 nitrogen and oxygen atoms in total.